The molecule has 0 aliphatic rings. The summed E-state index contributed by atoms with van der Waals surface area (Å²) in [7, 11) is 0. The Morgan fingerprint density at radius 2 is 1.74 bits per heavy atom. The van der Waals surface area contributed by atoms with E-state index in [1.54, 1.807) is 20.8 Å². The van der Waals surface area contributed by atoms with Gasteiger partial charge in [-0.25, -0.2) is 10.2 Å². The predicted molar refractivity (Wildman–Crippen MR) is 75.4 cm³/mol. The fourth-order valence-electron chi connectivity index (χ4n) is 1.26. The first kappa shape index (κ1) is 15.5. The third-order valence-electron chi connectivity index (χ3n) is 1.98. The van der Waals surface area contributed by atoms with Crippen molar-refractivity contribution in [2.24, 2.45) is 0 Å². The highest BCUT2D eigenvalue weighted by molar-refractivity contribution is 9.10. The third kappa shape index (κ3) is 6.81. The Morgan fingerprint density at radius 1 is 1.16 bits per heavy atom. The standard InChI is InChI=1S/C13H17BrN2O3/c1-13(2,3)19-12(18)16-15-11(17)8-9-4-6-10(14)7-5-9/h4-7H,8H2,1-3H3,(H,15,17)(H,16,18). The van der Waals surface area contributed by atoms with Crippen LogP contribution in [0, 0.1) is 0 Å². The molecule has 0 spiro atoms. The minimum Gasteiger partial charge on any atom is -0.443 e. The number of carbonyl (C=O) groups excluding carboxylic acids is 2. The van der Waals surface area contributed by atoms with Gasteiger partial charge in [0.05, 0.1) is 6.42 Å². The molecule has 1 aromatic rings. The van der Waals surface area contributed by atoms with Gasteiger partial charge in [0.1, 0.15) is 5.60 Å². The lowest BCUT2D eigenvalue weighted by atomic mass is 10.1. The van der Waals surface area contributed by atoms with Gasteiger partial charge in [0.25, 0.3) is 0 Å². The maximum absolute atomic E-state index is 11.6. The number of nitrogens with one attached hydrogen (secondary N) is 2. The first-order valence-electron chi connectivity index (χ1n) is 5.78. The molecule has 104 valence electrons. The van der Waals surface area contributed by atoms with E-state index in [1.807, 2.05) is 24.3 Å². The Morgan fingerprint density at radius 3 is 2.26 bits per heavy atom. The lowest BCUT2D eigenvalue weighted by molar-refractivity contribution is -0.121. The molecule has 0 aromatic heterocycles. The van der Waals surface area contributed by atoms with Crippen LogP contribution in [0.25, 0.3) is 0 Å². The summed E-state index contributed by atoms with van der Waals surface area (Å²) in [5.74, 6) is -0.312. The minimum atomic E-state index is -0.684. The smallest absolute Gasteiger partial charge is 0.426 e. The third-order valence-corrected chi connectivity index (χ3v) is 2.51. The summed E-state index contributed by atoms with van der Waals surface area (Å²) in [6.45, 7) is 5.24. The van der Waals surface area contributed by atoms with E-state index in [1.165, 1.54) is 0 Å². The van der Waals surface area contributed by atoms with E-state index in [9.17, 15) is 9.59 Å². The van der Waals surface area contributed by atoms with Gasteiger partial charge in [0.15, 0.2) is 0 Å². The number of amides is 2. The second-order valence-electron chi connectivity index (χ2n) is 4.98. The van der Waals surface area contributed by atoms with E-state index >= 15 is 0 Å². The van der Waals surface area contributed by atoms with Crippen molar-refractivity contribution in [2.75, 3.05) is 0 Å². The zero-order valence-corrected chi connectivity index (χ0v) is 12.7. The van der Waals surface area contributed by atoms with Gasteiger partial charge in [-0.2, -0.15) is 0 Å². The quantitative estimate of drug-likeness (QED) is 0.820. The van der Waals surface area contributed by atoms with Crippen LogP contribution >= 0.6 is 15.9 Å². The number of carbonyl (C=O) groups is 2. The van der Waals surface area contributed by atoms with E-state index < -0.39 is 11.7 Å². The fraction of sp³-hybridized carbons (Fsp3) is 0.385. The van der Waals surface area contributed by atoms with Gasteiger partial charge in [-0.15, -0.1) is 0 Å². The van der Waals surface area contributed by atoms with Crippen molar-refractivity contribution < 1.29 is 14.3 Å². The van der Waals surface area contributed by atoms with Crippen molar-refractivity contribution >= 4 is 27.9 Å². The lowest BCUT2D eigenvalue weighted by Gasteiger charge is -2.19. The molecule has 1 rings (SSSR count). The number of rotatable bonds is 2. The summed E-state index contributed by atoms with van der Waals surface area (Å²) >= 11 is 3.32. The molecule has 0 bridgehead atoms. The lowest BCUT2D eigenvalue weighted by Crippen LogP contribution is -2.44. The maximum atomic E-state index is 11.6. The summed E-state index contributed by atoms with van der Waals surface area (Å²) in [4.78, 5) is 22.9. The van der Waals surface area contributed by atoms with Crippen LogP contribution in [0.15, 0.2) is 28.7 Å². The monoisotopic (exact) mass is 328 g/mol. The molecule has 5 nitrogen and oxygen atoms in total. The van der Waals surface area contributed by atoms with Crippen LogP contribution in [0.3, 0.4) is 0 Å². The average Bonchev–Trinajstić information content (AvgIpc) is 2.27. The fourth-order valence-corrected chi connectivity index (χ4v) is 1.52. The Kier molecular flexibility index (Phi) is 5.35. The molecule has 2 N–H and O–H groups in total. The topological polar surface area (TPSA) is 67.4 Å². The largest absolute Gasteiger partial charge is 0.443 e. The molecule has 0 unspecified atom stereocenters. The molecule has 19 heavy (non-hydrogen) atoms. The van der Waals surface area contributed by atoms with Crippen LogP contribution in [-0.2, 0) is 16.0 Å². The van der Waals surface area contributed by atoms with Gasteiger partial charge in [0.2, 0.25) is 5.91 Å². The highest BCUT2D eigenvalue weighted by atomic mass is 79.9. The molecule has 0 radical (unpaired) electrons. The summed E-state index contributed by atoms with van der Waals surface area (Å²) in [6.07, 6.45) is -0.500. The van der Waals surface area contributed by atoms with Gasteiger partial charge < -0.3 is 4.74 Å². The molecule has 0 atom stereocenters. The summed E-state index contributed by atoms with van der Waals surface area (Å²) in [5.41, 5.74) is 4.75. The van der Waals surface area contributed by atoms with E-state index in [-0.39, 0.29) is 12.3 Å². The zero-order valence-electron chi connectivity index (χ0n) is 11.1. The SMILES string of the molecule is CC(C)(C)OC(=O)NNC(=O)Cc1ccc(Br)cc1. The second-order valence-corrected chi connectivity index (χ2v) is 5.89. The highest BCUT2D eigenvalue weighted by Crippen LogP contribution is 2.10. The predicted octanol–water partition coefficient (Wildman–Crippen LogP) is 2.55. The number of benzene rings is 1. The number of hydrogen-bond acceptors (Lipinski definition) is 3. The van der Waals surface area contributed by atoms with E-state index in [0.717, 1.165) is 10.0 Å². The van der Waals surface area contributed by atoms with Crippen LogP contribution in [0.1, 0.15) is 26.3 Å². The number of hydrogen-bond donors (Lipinski definition) is 2. The van der Waals surface area contributed by atoms with Crippen molar-refractivity contribution in [2.45, 2.75) is 32.8 Å². The Hall–Kier alpha value is -1.56. The van der Waals surface area contributed by atoms with Crippen molar-refractivity contribution in [1.82, 2.24) is 10.9 Å². The molecule has 0 fully saturated rings. The van der Waals surface area contributed by atoms with Crippen molar-refractivity contribution in [1.29, 1.82) is 0 Å². The number of halogens is 1. The normalized spacial score (nSPS) is 10.7. The second kappa shape index (κ2) is 6.56. The van der Waals surface area contributed by atoms with Crippen LogP contribution in [0.2, 0.25) is 0 Å². The zero-order chi connectivity index (χ0) is 14.5. The molecular weight excluding hydrogens is 312 g/mol. The van der Waals surface area contributed by atoms with Crippen LogP contribution in [-0.4, -0.2) is 17.6 Å². The Labute approximate surface area is 120 Å². The molecule has 1 aromatic carbocycles. The molecule has 6 heteroatoms. The first-order valence-corrected chi connectivity index (χ1v) is 6.58. The number of hydrazine groups is 1. The van der Waals surface area contributed by atoms with Crippen molar-refractivity contribution in [3.05, 3.63) is 34.3 Å². The average molecular weight is 329 g/mol. The van der Waals surface area contributed by atoms with Gasteiger partial charge in [-0.3, -0.25) is 10.2 Å². The summed E-state index contributed by atoms with van der Waals surface area (Å²) in [6, 6.07) is 7.36. The molecule has 0 heterocycles. The van der Waals surface area contributed by atoms with E-state index in [2.05, 4.69) is 26.8 Å². The van der Waals surface area contributed by atoms with Crippen molar-refractivity contribution in [3.63, 3.8) is 0 Å². The van der Waals surface area contributed by atoms with Crippen LogP contribution in [0.4, 0.5) is 4.79 Å². The molecule has 0 saturated heterocycles. The van der Waals surface area contributed by atoms with Crippen molar-refractivity contribution in [3.8, 4) is 0 Å². The Balaban J connectivity index is 2.36. The molecule has 0 saturated carbocycles. The van der Waals surface area contributed by atoms with Gasteiger partial charge in [-0.1, -0.05) is 28.1 Å². The molecule has 2 amide bonds. The Bertz CT molecular complexity index is 452. The molecule has 0 aliphatic carbocycles. The minimum absolute atomic E-state index is 0.184. The van der Waals surface area contributed by atoms with Crippen LogP contribution < -0.4 is 10.9 Å². The van der Waals surface area contributed by atoms with E-state index in [4.69, 9.17) is 4.74 Å². The number of ether oxygens (including phenoxy) is 1. The summed E-state index contributed by atoms with van der Waals surface area (Å²) < 4.78 is 5.93. The maximum Gasteiger partial charge on any atom is 0.426 e. The highest BCUT2D eigenvalue weighted by Gasteiger charge is 2.16. The van der Waals surface area contributed by atoms with Gasteiger partial charge in [0, 0.05) is 4.47 Å². The van der Waals surface area contributed by atoms with E-state index in [0.29, 0.717) is 0 Å². The van der Waals surface area contributed by atoms with Gasteiger partial charge >= 0.3 is 6.09 Å². The van der Waals surface area contributed by atoms with Gasteiger partial charge in [-0.05, 0) is 38.5 Å². The molecular formula is C13H17BrN2O3. The first-order chi connectivity index (χ1) is 8.76. The van der Waals surface area contributed by atoms with Crippen LogP contribution in [0.5, 0.6) is 0 Å². The molecule has 0 aliphatic heterocycles. The summed E-state index contributed by atoms with van der Waals surface area (Å²) in [5, 5.41) is 0.